The highest BCUT2D eigenvalue weighted by Gasteiger charge is 2.21. The summed E-state index contributed by atoms with van der Waals surface area (Å²) in [5.74, 6) is 0.319. The summed E-state index contributed by atoms with van der Waals surface area (Å²) in [4.78, 5) is 4.53. The van der Waals surface area contributed by atoms with Gasteiger partial charge in [-0.25, -0.2) is 13.4 Å². The van der Waals surface area contributed by atoms with Crippen molar-refractivity contribution < 1.29 is 8.42 Å². The van der Waals surface area contributed by atoms with Gasteiger partial charge in [0.15, 0.2) is 0 Å². The molecule has 1 heterocycles. The van der Waals surface area contributed by atoms with Crippen molar-refractivity contribution >= 4 is 31.8 Å². The van der Waals surface area contributed by atoms with Gasteiger partial charge in [-0.2, -0.15) is 0 Å². The third kappa shape index (κ3) is 4.12. The summed E-state index contributed by atoms with van der Waals surface area (Å²) >= 11 is 3.38. The molecule has 2 rings (SSSR count). The highest BCUT2D eigenvalue weighted by Crippen LogP contribution is 2.27. The van der Waals surface area contributed by atoms with Gasteiger partial charge in [-0.15, -0.1) is 0 Å². The summed E-state index contributed by atoms with van der Waals surface area (Å²) in [6.07, 6.45) is 1.71. The van der Waals surface area contributed by atoms with Gasteiger partial charge in [-0.1, -0.05) is 42.8 Å². The molecule has 1 aromatic heterocycles. The fourth-order valence-electron chi connectivity index (χ4n) is 2.41. The number of anilines is 1. The molecule has 0 fully saturated rings. The quantitative estimate of drug-likeness (QED) is 0.826. The minimum atomic E-state index is -3.67. The van der Waals surface area contributed by atoms with Crippen LogP contribution in [0.25, 0.3) is 0 Å². The van der Waals surface area contributed by atoms with Crippen LogP contribution in [0.4, 0.5) is 5.82 Å². The fourth-order valence-corrected chi connectivity index (χ4v) is 4.56. The molecule has 124 valence electrons. The number of halogens is 1. The van der Waals surface area contributed by atoms with Crippen molar-refractivity contribution in [2.24, 2.45) is 0 Å². The molecule has 0 radical (unpaired) electrons. The van der Waals surface area contributed by atoms with E-state index in [2.05, 4.69) is 46.4 Å². The molecule has 0 amide bonds. The lowest BCUT2D eigenvalue weighted by Gasteiger charge is -2.19. The smallest absolute Gasteiger partial charge is 0.263 e. The number of aromatic nitrogens is 1. The maximum atomic E-state index is 12.7. The summed E-state index contributed by atoms with van der Waals surface area (Å²) < 4.78 is 28.8. The number of aryl methyl sites for hydroxylation is 2. The number of sulfonamides is 1. The van der Waals surface area contributed by atoms with Gasteiger partial charge in [-0.3, -0.25) is 4.72 Å². The highest BCUT2D eigenvalue weighted by molar-refractivity contribution is 9.10. The van der Waals surface area contributed by atoms with Crippen LogP contribution in [0.1, 0.15) is 37.5 Å². The number of hydrogen-bond acceptors (Lipinski definition) is 3. The first-order valence-corrected chi connectivity index (χ1v) is 9.54. The van der Waals surface area contributed by atoms with Crippen LogP contribution in [0.15, 0.2) is 39.8 Å². The Morgan fingerprint density at radius 1 is 1.09 bits per heavy atom. The standard InChI is InChI=1S/C17H21BrN2O2S/c1-11-8-14(18)9-12(2)16(11)23(21,22)20-15-7-6-13(10-19-15)17(3,4)5/h6-10H,1-5H3,(H,19,20). The Labute approximate surface area is 146 Å². The molecule has 0 bridgehead atoms. The molecule has 0 spiro atoms. The molecular weight excluding hydrogens is 376 g/mol. The molecule has 1 N–H and O–H groups in total. The lowest BCUT2D eigenvalue weighted by Crippen LogP contribution is -2.17. The topological polar surface area (TPSA) is 59.1 Å². The zero-order valence-electron chi connectivity index (χ0n) is 13.9. The number of hydrogen-bond donors (Lipinski definition) is 1. The molecule has 0 aliphatic carbocycles. The largest absolute Gasteiger partial charge is 0.263 e. The van der Waals surface area contributed by atoms with Gasteiger partial charge in [0, 0.05) is 10.7 Å². The second-order valence-corrected chi connectivity index (χ2v) is 9.19. The summed E-state index contributed by atoms with van der Waals surface area (Å²) in [6.45, 7) is 9.82. The first-order chi connectivity index (χ1) is 10.5. The van der Waals surface area contributed by atoms with Gasteiger partial charge in [0.25, 0.3) is 10.0 Å². The van der Waals surface area contributed by atoms with Crippen molar-refractivity contribution in [3.63, 3.8) is 0 Å². The normalized spacial score (nSPS) is 12.3. The number of nitrogens with zero attached hydrogens (tertiary/aromatic N) is 1. The van der Waals surface area contributed by atoms with Gasteiger partial charge in [-0.05, 0) is 54.2 Å². The van der Waals surface area contributed by atoms with E-state index in [-0.39, 0.29) is 5.41 Å². The van der Waals surface area contributed by atoms with Crippen LogP contribution in [0.5, 0.6) is 0 Å². The number of rotatable bonds is 3. The Morgan fingerprint density at radius 2 is 1.65 bits per heavy atom. The molecule has 0 aliphatic rings. The maximum absolute atomic E-state index is 12.7. The second-order valence-electron chi connectivity index (χ2n) is 6.66. The highest BCUT2D eigenvalue weighted by atomic mass is 79.9. The summed E-state index contributed by atoms with van der Waals surface area (Å²) in [6, 6.07) is 7.17. The van der Waals surface area contributed by atoms with Crippen LogP contribution < -0.4 is 4.72 Å². The Balaban J connectivity index is 2.36. The maximum Gasteiger partial charge on any atom is 0.263 e. The molecule has 0 unspecified atom stereocenters. The van der Waals surface area contributed by atoms with Crippen molar-refractivity contribution in [2.45, 2.75) is 44.9 Å². The number of benzene rings is 1. The Kier molecular flexibility index (Phi) is 4.87. The predicted octanol–water partition coefficient (Wildman–Crippen LogP) is 4.56. The fraction of sp³-hybridized carbons (Fsp3) is 0.353. The molecule has 0 aliphatic heterocycles. The zero-order chi connectivity index (χ0) is 17.4. The molecule has 2 aromatic rings. The van der Waals surface area contributed by atoms with Crippen LogP contribution in [0, 0.1) is 13.8 Å². The van der Waals surface area contributed by atoms with E-state index >= 15 is 0 Å². The minimum absolute atomic E-state index is 0.0245. The summed E-state index contributed by atoms with van der Waals surface area (Å²) in [7, 11) is -3.67. The molecule has 1 aromatic carbocycles. The van der Waals surface area contributed by atoms with E-state index in [1.165, 1.54) is 0 Å². The van der Waals surface area contributed by atoms with Gasteiger partial charge >= 0.3 is 0 Å². The minimum Gasteiger partial charge on any atom is -0.263 e. The molecular formula is C17H21BrN2O2S. The van der Waals surface area contributed by atoms with Crippen LogP contribution in [0.2, 0.25) is 0 Å². The SMILES string of the molecule is Cc1cc(Br)cc(C)c1S(=O)(=O)Nc1ccc(C(C)(C)C)cn1. The van der Waals surface area contributed by atoms with Crippen molar-refractivity contribution in [3.8, 4) is 0 Å². The van der Waals surface area contributed by atoms with Gasteiger partial charge < -0.3 is 0 Å². The summed E-state index contributed by atoms with van der Waals surface area (Å²) in [5.41, 5.74) is 2.41. The monoisotopic (exact) mass is 396 g/mol. The predicted molar refractivity (Wildman–Crippen MR) is 97.4 cm³/mol. The van der Waals surface area contributed by atoms with Crippen LogP contribution >= 0.6 is 15.9 Å². The van der Waals surface area contributed by atoms with E-state index in [1.807, 2.05) is 6.07 Å². The third-order valence-electron chi connectivity index (χ3n) is 3.56. The van der Waals surface area contributed by atoms with Crippen LogP contribution in [-0.2, 0) is 15.4 Å². The van der Waals surface area contributed by atoms with Crippen LogP contribution in [-0.4, -0.2) is 13.4 Å². The summed E-state index contributed by atoms with van der Waals surface area (Å²) in [5, 5.41) is 0. The average molecular weight is 397 g/mol. The zero-order valence-corrected chi connectivity index (χ0v) is 16.3. The Bertz CT molecular complexity index is 800. The molecule has 0 saturated carbocycles. The first kappa shape index (κ1) is 17.9. The van der Waals surface area contributed by atoms with Crippen molar-refractivity contribution in [1.82, 2.24) is 4.98 Å². The van der Waals surface area contributed by atoms with E-state index in [4.69, 9.17) is 0 Å². The molecule has 4 nitrogen and oxygen atoms in total. The third-order valence-corrected chi connectivity index (χ3v) is 5.68. The average Bonchev–Trinajstić information content (AvgIpc) is 2.35. The van der Waals surface area contributed by atoms with E-state index in [0.717, 1.165) is 10.0 Å². The van der Waals surface area contributed by atoms with E-state index < -0.39 is 10.0 Å². The molecule has 23 heavy (non-hydrogen) atoms. The van der Waals surface area contributed by atoms with Gasteiger partial charge in [0.05, 0.1) is 4.90 Å². The lowest BCUT2D eigenvalue weighted by atomic mass is 9.88. The molecule has 6 heteroatoms. The molecule has 0 atom stereocenters. The first-order valence-electron chi connectivity index (χ1n) is 7.27. The second kappa shape index (κ2) is 6.24. The van der Waals surface area contributed by atoms with E-state index in [9.17, 15) is 8.42 Å². The van der Waals surface area contributed by atoms with Crippen molar-refractivity contribution in [1.29, 1.82) is 0 Å². The van der Waals surface area contributed by atoms with Gasteiger partial charge in [0.1, 0.15) is 5.82 Å². The van der Waals surface area contributed by atoms with Crippen molar-refractivity contribution in [3.05, 3.63) is 51.6 Å². The van der Waals surface area contributed by atoms with Crippen LogP contribution in [0.3, 0.4) is 0 Å². The Morgan fingerprint density at radius 3 is 2.09 bits per heavy atom. The van der Waals surface area contributed by atoms with E-state index in [1.54, 1.807) is 38.2 Å². The van der Waals surface area contributed by atoms with Crippen molar-refractivity contribution in [2.75, 3.05) is 4.72 Å². The lowest BCUT2D eigenvalue weighted by molar-refractivity contribution is 0.587. The van der Waals surface area contributed by atoms with E-state index in [0.29, 0.717) is 21.8 Å². The number of nitrogens with one attached hydrogen (secondary N) is 1. The Hall–Kier alpha value is -1.40. The number of pyridine rings is 1. The van der Waals surface area contributed by atoms with Gasteiger partial charge in [0.2, 0.25) is 0 Å². The molecule has 0 saturated heterocycles.